The highest BCUT2D eigenvalue weighted by Gasteiger charge is 2.09. The van der Waals surface area contributed by atoms with Crippen LogP contribution in [-0.2, 0) is 11.8 Å². The van der Waals surface area contributed by atoms with Gasteiger partial charge in [0, 0.05) is 29.3 Å². The Morgan fingerprint density at radius 2 is 2.12 bits per heavy atom. The van der Waals surface area contributed by atoms with Crippen LogP contribution < -0.4 is 5.32 Å². The summed E-state index contributed by atoms with van der Waals surface area (Å²) >= 11 is 5.46. The fraction of sp³-hybridized carbons (Fsp3) is 0.308. The first-order chi connectivity index (χ1) is 8.04. The Labute approximate surface area is 105 Å². The molecule has 1 aromatic carbocycles. The van der Waals surface area contributed by atoms with Gasteiger partial charge < -0.3 is 9.88 Å². The lowest BCUT2D eigenvalue weighted by molar-refractivity contribution is -0.113. The average Bonchev–Trinajstić information content (AvgIpc) is 2.54. The van der Waals surface area contributed by atoms with Crippen molar-refractivity contribution in [3.05, 3.63) is 29.5 Å². The number of aryl methyl sites for hydroxylation is 2. The third kappa shape index (κ3) is 2.03. The van der Waals surface area contributed by atoms with Gasteiger partial charge in [-0.1, -0.05) is 0 Å². The van der Waals surface area contributed by atoms with Crippen LogP contribution in [0, 0.1) is 13.8 Å². The second kappa shape index (κ2) is 4.41. The summed E-state index contributed by atoms with van der Waals surface area (Å²) in [5.41, 5.74) is 4.44. The Balaban J connectivity index is 2.50. The minimum atomic E-state index is -0.184. The molecule has 1 N–H and O–H groups in total. The van der Waals surface area contributed by atoms with Gasteiger partial charge in [-0.2, -0.15) is 0 Å². The van der Waals surface area contributed by atoms with Crippen molar-refractivity contribution >= 4 is 34.1 Å². The van der Waals surface area contributed by atoms with E-state index in [1.165, 1.54) is 16.8 Å². The normalized spacial score (nSPS) is 10.8. The number of nitrogens with one attached hydrogen (secondary N) is 1. The molecular weight excluding hydrogens is 236 g/mol. The number of carbonyl (C=O) groups excluding carboxylic acids is 1. The van der Waals surface area contributed by atoms with Gasteiger partial charge >= 0.3 is 0 Å². The number of benzene rings is 1. The van der Waals surface area contributed by atoms with Gasteiger partial charge in [0.25, 0.3) is 0 Å². The fourth-order valence-electron chi connectivity index (χ4n) is 2.03. The van der Waals surface area contributed by atoms with Gasteiger partial charge in [0.2, 0.25) is 5.91 Å². The minimum absolute atomic E-state index is 0.0230. The number of aromatic nitrogens is 1. The highest BCUT2D eigenvalue weighted by atomic mass is 35.5. The lowest BCUT2D eigenvalue weighted by Gasteiger charge is -2.04. The summed E-state index contributed by atoms with van der Waals surface area (Å²) in [4.78, 5) is 11.2. The molecule has 0 saturated heterocycles. The number of carbonyl (C=O) groups is 1. The molecule has 0 aliphatic heterocycles. The maximum atomic E-state index is 11.2. The topological polar surface area (TPSA) is 34.0 Å². The van der Waals surface area contributed by atoms with Gasteiger partial charge in [-0.05, 0) is 37.6 Å². The molecule has 0 radical (unpaired) electrons. The monoisotopic (exact) mass is 250 g/mol. The van der Waals surface area contributed by atoms with Gasteiger partial charge in [-0.15, -0.1) is 11.6 Å². The maximum absolute atomic E-state index is 11.2. The molecule has 0 saturated carbocycles. The number of nitrogens with zero attached hydrogens (tertiary/aromatic N) is 1. The Morgan fingerprint density at radius 1 is 1.41 bits per heavy atom. The lowest BCUT2D eigenvalue weighted by atomic mass is 10.1. The highest BCUT2D eigenvalue weighted by Crippen LogP contribution is 2.26. The molecule has 4 heteroatoms. The third-order valence-electron chi connectivity index (χ3n) is 3.21. The van der Waals surface area contributed by atoms with E-state index in [4.69, 9.17) is 11.6 Å². The van der Waals surface area contributed by atoms with Crippen molar-refractivity contribution in [3.63, 3.8) is 0 Å². The Bertz CT molecular complexity index is 587. The number of rotatable bonds is 2. The van der Waals surface area contributed by atoms with Crippen molar-refractivity contribution in [3.8, 4) is 0 Å². The van der Waals surface area contributed by atoms with Gasteiger partial charge in [0.05, 0.1) is 0 Å². The fourth-order valence-corrected chi connectivity index (χ4v) is 2.09. The zero-order valence-electron chi connectivity index (χ0n) is 10.2. The number of hydrogen-bond acceptors (Lipinski definition) is 1. The minimum Gasteiger partial charge on any atom is -0.348 e. The number of fused-ring (bicyclic) bond motifs is 1. The van der Waals surface area contributed by atoms with Gasteiger partial charge in [-0.3, -0.25) is 4.79 Å². The van der Waals surface area contributed by atoms with Crippen molar-refractivity contribution in [2.24, 2.45) is 7.05 Å². The number of anilines is 1. The Morgan fingerprint density at radius 3 is 2.76 bits per heavy atom. The van der Waals surface area contributed by atoms with E-state index in [2.05, 4.69) is 23.7 Å². The molecule has 90 valence electrons. The molecule has 0 spiro atoms. The predicted molar refractivity (Wildman–Crippen MR) is 71.7 cm³/mol. The molecule has 17 heavy (non-hydrogen) atoms. The first-order valence-electron chi connectivity index (χ1n) is 5.46. The zero-order chi connectivity index (χ0) is 12.6. The number of hydrogen-bond donors (Lipinski definition) is 1. The van der Waals surface area contributed by atoms with Crippen LogP contribution >= 0.6 is 11.6 Å². The zero-order valence-corrected chi connectivity index (χ0v) is 10.9. The second-order valence-electron chi connectivity index (χ2n) is 4.18. The van der Waals surface area contributed by atoms with E-state index in [1.807, 2.05) is 25.2 Å². The van der Waals surface area contributed by atoms with Gasteiger partial charge in [0.1, 0.15) is 5.88 Å². The first-order valence-corrected chi connectivity index (χ1v) is 5.99. The SMILES string of the molecule is Cc1c(C)n(C)c2ccc(NC(=O)CCl)cc12. The van der Waals surface area contributed by atoms with Crippen LogP contribution in [-0.4, -0.2) is 16.4 Å². The first kappa shape index (κ1) is 12.0. The average molecular weight is 251 g/mol. The molecule has 2 rings (SSSR count). The number of halogens is 1. The molecule has 0 aliphatic carbocycles. The molecule has 0 bridgehead atoms. The molecule has 1 heterocycles. The molecule has 0 unspecified atom stereocenters. The standard InChI is InChI=1S/C13H15ClN2O/c1-8-9(2)16(3)12-5-4-10(6-11(8)12)15-13(17)7-14/h4-6H,7H2,1-3H3,(H,15,17). The van der Waals surface area contributed by atoms with E-state index >= 15 is 0 Å². The molecule has 3 nitrogen and oxygen atoms in total. The van der Waals surface area contributed by atoms with Crippen LogP contribution in [0.4, 0.5) is 5.69 Å². The van der Waals surface area contributed by atoms with Crippen molar-refractivity contribution in [1.82, 2.24) is 4.57 Å². The molecule has 0 fully saturated rings. The second-order valence-corrected chi connectivity index (χ2v) is 4.45. The Hall–Kier alpha value is -1.48. The molecule has 1 aromatic heterocycles. The summed E-state index contributed by atoms with van der Waals surface area (Å²) in [5.74, 6) is -0.207. The quantitative estimate of drug-likeness (QED) is 0.817. The van der Waals surface area contributed by atoms with Crippen LogP contribution in [0.25, 0.3) is 10.9 Å². The summed E-state index contributed by atoms with van der Waals surface area (Å²) in [6.45, 7) is 4.18. The van der Waals surface area contributed by atoms with Crippen molar-refractivity contribution < 1.29 is 4.79 Å². The van der Waals surface area contributed by atoms with E-state index in [1.54, 1.807) is 0 Å². The van der Waals surface area contributed by atoms with E-state index in [0.29, 0.717) is 0 Å². The predicted octanol–water partition coefficient (Wildman–Crippen LogP) is 2.97. The third-order valence-corrected chi connectivity index (χ3v) is 3.46. The van der Waals surface area contributed by atoms with E-state index < -0.39 is 0 Å². The van der Waals surface area contributed by atoms with Crippen LogP contribution in [0.5, 0.6) is 0 Å². The van der Waals surface area contributed by atoms with Crippen molar-refractivity contribution in [1.29, 1.82) is 0 Å². The van der Waals surface area contributed by atoms with Crippen LogP contribution in [0.15, 0.2) is 18.2 Å². The van der Waals surface area contributed by atoms with E-state index in [9.17, 15) is 4.79 Å². The molecule has 0 aliphatic rings. The maximum Gasteiger partial charge on any atom is 0.239 e. The Kier molecular flexibility index (Phi) is 3.11. The summed E-state index contributed by atoms with van der Waals surface area (Å²) in [5, 5.41) is 3.92. The highest BCUT2D eigenvalue weighted by molar-refractivity contribution is 6.29. The lowest BCUT2D eigenvalue weighted by Crippen LogP contribution is -2.12. The summed E-state index contributed by atoms with van der Waals surface area (Å²) < 4.78 is 2.15. The van der Waals surface area contributed by atoms with Crippen molar-refractivity contribution in [2.75, 3.05) is 11.2 Å². The largest absolute Gasteiger partial charge is 0.348 e. The molecule has 0 atom stereocenters. The van der Waals surface area contributed by atoms with E-state index in [0.717, 1.165) is 11.1 Å². The number of amides is 1. The summed E-state index contributed by atoms with van der Waals surface area (Å²) in [7, 11) is 2.04. The smallest absolute Gasteiger partial charge is 0.239 e. The summed E-state index contributed by atoms with van der Waals surface area (Å²) in [6, 6.07) is 5.90. The van der Waals surface area contributed by atoms with Gasteiger partial charge in [-0.25, -0.2) is 0 Å². The summed E-state index contributed by atoms with van der Waals surface area (Å²) in [6.07, 6.45) is 0. The van der Waals surface area contributed by atoms with Gasteiger partial charge in [0.15, 0.2) is 0 Å². The number of alkyl halides is 1. The van der Waals surface area contributed by atoms with Crippen molar-refractivity contribution in [2.45, 2.75) is 13.8 Å². The van der Waals surface area contributed by atoms with E-state index in [-0.39, 0.29) is 11.8 Å². The molecule has 1 amide bonds. The van der Waals surface area contributed by atoms with Crippen LogP contribution in [0.1, 0.15) is 11.3 Å². The molecular formula is C13H15ClN2O. The molecule has 2 aromatic rings. The van der Waals surface area contributed by atoms with Crippen LogP contribution in [0.2, 0.25) is 0 Å². The van der Waals surface area contributed by atoms with Crippen LogP contribution in [0.3, 0.4) is 0 Å².